The second kappa shape index (κ2) is 2.11. The highest BCUT2D eigenvalue weighted by atomic mass is 19.1. The Morgan fingerprint density at radius 1 is 1.60 bits per heavy atom. The third kappa shape index (κ3) is 3.85. The fraction of sp³-hybridized carbons (Fsp3) is 1.00. The molecule has 0 radical (unpaired) electrons. The van der Waals surface area contributed by atoms with Crippen LogP contribution < -0.4 is 0 Å². The van der Waals surface area contributed by atoms with E-state index in [4.69, 9.17) is 10.2 Å². The van der Waals surface area contributed by atoms with Crippen molar-refractivity contribution in [3.05, 3.63) is 0 Å². The van der Waals surface area contributed by atoms with Gasteiger partial charge in [-0.1, -0.05) is 0 Å². The van der Waals surface area contributed by atoms with E-state index >= 15 is 0 Å². The van der Waals surface area contributed by atoms with E-state index in [0.717, 1.165) is 0 Å². The van der Waals surface area contributed by atoms with Gasteiger partial charge >= 0.3 is 0 Å². The van der Waals surface area contributed by atoms with Gasteiger partial charge in [0.1, 0.15) is 6.67 Å². The van der Waals surface area contributed by atoms with Gasteiger partial charge in [-0.25, -0.2) is 4.39 Å². The van der Waals surface area contributed by atoms with Crippen LogP contribution >= 0.6 is 0 Å². The quantitative estimate of drug-likeness (QED) is 0.407. The van der Waals surface area contributed by atoms with E-state index in [1.807, 2.05) is 0 Å². The number of aliphatic hydroxyl groups excluding tert-OH is 1. The van der Waals surface area contributed by atoms with Crippen molar-refractivity contribution in [2.75, 3.05) is 6.67 Å². The summed E-state index contributed by atoms with van der Waals surface area (Å²) in [5.41, 5.74) is 0. The average molecular weight is 80.1 g/mol. The predicted octanol–water partition coefficient (Wildman–Crippen LogP) is -0.733. The lowest BCUT2D eigenvalue weighted by atomic mass is 10.8. The molecule has 3 heteroatoms. The van der Waals surface area contributed by atoms with Gasteiger partial charge < -0.3 is 10.2 Å². The maximum Gasteiger partial charge on any atom is 0.180 e. The van der Waals surface area contributed by atoms with Gasteiger partial charge in [0.15, 0.2) is 6.29 Å². The number of halogens is 1. The number of hydrogen-bond donors (Lipinski definition) is 2. The molecular formula is C2H5FO2. The molecule has 0 heterocycles. The lowest BCUT2D eigenvalue weighted by Crippen LogP contribution is -2.04. The van der Waals surface area contributed by atoms with Gasteiger partial charge in [0, 0.05) is 0 Å². The van der Waals surface area contributed by atoms with Crippen molar-refractivity contribution in [3.63, 3.8) is 0 Å². The Morgan fingerprint density at radius 2 is 1.80 bits per heavy atom. The molecule has 0 aliphatic carbocycles. The topological polar surface area (TPSA) is 40.5 Å². The zero-order chi connectivity index (χ0) is 4.28. The van der Waals surface area contributed by atoms with Crippen LogP contribution in [0.15, 0.2) is 0 Å². The van der Waals surface area contributed by atoms with Crippen molar-refractivity contribution in [2.45, 2.75) is 6.29 Å². The van der Waals surface area contributed by atoms with Crippen molar-refractivity contribution >= 4 is 0 Å². The molecule has 0 spiro atoms. The maximum absolute atomic E-state index is 10.6. The van der Waals surface area contributed by atoms with Gasteiger partial charge in [-0.15, -0.1) is 0 Å². The van der Waals surface area contributed by atoms with Gasteiger partial charge in [0.2, 0.25) is 0 Å². The molecule has 2 N–H and O–H groups in total. The summed E-state index contributed by atoms with van der Waals surface area (Å²) >= 11 is 0. The Hall–Kier alpha value is -0.150. The Morgan fingerprint density at radius 3 is 1.80 bits per heavy atom. The van der Waals surface area contributed by atoms with Crippen LogP contribution in [0.3, 0.4) is 0 Å². The molecule has 0 saturated heterocycles. The highest BCUT2D eigenvalue weighted by molar-refractivity contribution is 4.21. The minimum absolute atomic E-state index is 1.08. The summed E-state index contributed by atoms with van der Waals surface area (Å²) < 4.78 is 10.6. The zero-order valence-corrected chi connectivity index (χ0v) is 2.56. The molecule has 0 aromatic heterocycles. The van der Waals surface area contributed by atoms with Crippen LogP contribution in [0.4, 0.5) is 4.39 Å². The standard InChI is InChI=1S/C2H5FO2/c3-1-2(4)5/h2,4-5H,1H2. The lowest BCUT2D eigenvalue weighted by molar-refractivity contribution is -0.0548. The van der Waals surface area contributed by atoms with Gasteiger partial charge in [0.25, 0.3) is 0 Å². The Balaban J connectivity index is 2.54. The van der Waals surface area contributed by atoms with Crippen molar-refractivity contribution in [1.82, 2.24) is 0 Å². The third-order valence-corrected chi connectivity index (χ3v) is 0.138. The van der Waals surface area contributed by atoms with Crippen molar-refractivity contribution in [3.8, 4) is 0 Å². The van der Waals surface area contributed by atoms with Gasteiger partial charge in [-0.2, -0.15) is 0 Å². The zero-order valence-electron chi connectivity index (χ0n) is 2.56. The van der Waals surface area contributed by atoms with E-state index in [1.165, 1.54) is 0 Å². The molecule has 32 valence electrons. The summed E-state index contributed by atoms with van der Waals surface area (Å²) in [6.45, 7) is -1.08. The van der Waals surface area contributed by atoms with E-state index in [-0.39, 0.29) is 0 Å². The van der Waals surface area contributed by atoms with E-state index in [2.05, 4.69) is 0 Å². The number of aliphatic hydroxyl groups is 2. The summed E-state index contributed by atoms with van der Waals surface area (Å²) in [5, 5.41) is 15.1. The molecule has 0 aliphatic rings. The summed E-state index contributed by atoms with van der Waals surface area (Å²) in [4.78, 5) is 0. The van der Waals surface area contributed by atoms with Crippen LogP contribution in [0.2, 0.25) is 0 Å². The third-order valence-electron chi connectivity index (χ3n) is 0.138. The molecule has 5 heavy (non-hydrogen) atoms. The Bertz CT molecular complexity index is 21.6. The monoisotopic (exact) mass is 80.0 g/mol. The maximum atomic E-state index is 10.6. The molecule has 0 aliphatic heterocycles. The van der Waals surface area contributed by atoms with Crippen LogP contribution in [0.25, 0.3) is 0 Å². The molecule has 0 bridgehead atoms. The molecule has 0 atom stereocenters. The second-order valence-corrected chi connectivity index (χ2v) is 0.635. The van der Waals surface area contributed by atoms with E-state index in [1.54, 1.807) is 0 Å². The fourth-order valence-corrected chi connectivity index (χ4v) is 0. The minimum atomic E-state index is -1.78. The molecule has 2 nitrogen and oxygen atoms in total. The number of alkyl halides is 1. The summed E-state index contributed by atoms with van der Waals surface area (Å²) in [6, 6.07) is 0. The Labute approximate surface area is 28.9 Å². The first-order valence-corrected chi connectivity index (χ1v) is 1.19. The van der Waals surface area contributed by atoms with Crippen LogP contribution in [0.5, 0.6) is 0 Å². The molecular weight excluding hydrogens is 75.0 g/mol. The number of hydrogen-bond acceptors (Lipinski definition) is 2. The Kier molecular flexibility index (Phi) is 2.05. The molecule has 0 unspecified atom stereocenters. The van der Waals surface area contributed by atoms with Gasteiger partial charge in [0.05, 0.1) is 0 Å². The molecule has 0 amide bonds. The van der Waals surface area contributed by atoms with Gasteiger partial charge in [-0.05, 0) is 0 Å². The lowest BCUT2D eigenvalue weighted by Gasteiger charge is -1.87. The average Bonchev–Trinajstić information content (AvgIpc) is 1.38. The summed E-state index contributed by atoms with van der Waals surface area (Å²) in [7, 11) is 0. The molecule has 0 fully saturated rings. The van der Waals surface area contributed by atoms with Crippen LogP contribution in [0.1, 0.15) is 0 Å². The van der Waals surface area contributed by atoms with Crippen molar-refractivity contribution < 1.29 is 14.6 Å². The first kappa shape index (κ1) is 4.85. The van der Waals surface area contributed by atoms with Crippen LogP contribution in [-0.4, -0.2) is 23.2 Å². The van der Waals surface area contributed by atoms with Gasteiger partial charge in [-0.3, -0.25) is 0 Å². The summed E-state index contributed by atoms with van der Waals surface area (Å²) in [6.07, 6.45) is -1.78. The van der Waals surface area contributed by atoms with Crippen LogP contribution in [-0.2, 0) is 0 Å². The normalized spacial score (nSPS) is 9.60. The summed E-state index contributed by atoms with van der Waals surface area (Å²) in [5.74, 6) is 0. The highest BCUT2D eigenvalue weighted by Crippen LogP contribution is 1.70. The SMILES string of the molecule is OC(O)CF. The first-order valence-electron chi connectivity index (χ1n) is 1.19. The second-order valence-electron chi connectivity index (χ2n) is 0.635. The largest absolute Gasteiger partial charge is 0.366 e. The smallest absolute Gasteiger partial charge is 0.180 e. The first-order chi connectivity index (χ1) is 2.27. The van der Waals surface area contributed by atoms with E-state index in [9.17, 15) is 4.39 Å². The van der Waals surface area contributed by atoms with Crippen molar-refractivity contribution in [2.24, 2.45) is 0 Å². The molecule has 0 aromatic rings. The van der Waals surface area contributed by atoms with Crippen LogP contribution in [0, 0.1) is 0 Å². The van der Waals surface area contributed by atoms with Crippen molar-refractivity contribution in [1.29, 1.82) is 0 Å². The molecule has 0 saturated carbocycles. The number of rotatable bonds is 1. The fourth-order valence-electron chi connectivity index (χ4n) is 0. The van der Waals surface area contributed by atoms with E-state index in [0.29, 0.717) is 0 Å². The molecule has 0 aromatic carbocycles. The van der Waals surface area contributed by atoms with E-state index < -0.39 is 13.0 Å². The minimum Gasteiger partial charge on any atom is -0.366 e. The molecule has 0 rings (SSSR count). The highest BCUT2D eigenvalue weighted by Gasteiger charge is 1.87. The predicted molar refractivity (Wildman–Crippen MR) is 14.2 cm³/mol.